The number of esters is 1. The number of benzene rings is 1. The molecule has 2 aliphatic heterocycles. The summed E-state index contributed by atoms with van der Waals surface area (Å²) in [5.74, 6) is -1.70. The van der Waals surface area contributed by atoms with Crippen molar-refractivity contribution in [1.29, 1.82) is 0 Å². The van der Waals surface area contributed by atoms with Crippen molar-refractivity contribution in [1.82, 2.24) is 10.2 Å². The van der Waals surface area contributed by atoms with Gasteiger partial charge in [0.25, 0.3) is 11.8 Å². The van der Waals surface area contributed by atoms with E-state index < -0.39 is 35.2 Å². The van der Waals surface area contributed by atoms with Crippen LogP contribution in [0, 0.1) is 0 Å². The first kappa shape index (κ1) is 23.9. The highest BCUT2D eigenvalue weighted by molar-refractivity contribution is 9.10. The van der Waals surface area contributed by atoms with Gasteiger partial charge in [0.15, 0.2) is 5.76 Å². The van der Waals surface area contributed by atoms with Gasteiger partial charge in [-0.25, -0.2) is 4.79 Å². The molecule has 1 saturated heterocycles. The largest absolute Gasteiger partial charge is 0.486 e. The van der Waals surface area contributed by atoms with Crippen molar-refractivity contribution in [3.05, 3.63) is 63.7 Å². The quantitative estimate of drug-likeness (QED) is 0.375. The third-order valence-corrected chi connectivity index (χ3v) is 6.93. The van der Waals surface area contributed by atoms with Crippen molar-refractivity contribution in [2.24, 2.45) is 0 Å². The van der Waals surface area contributed by atoms with E-state index in [9.17, 15) is 24.3 Å². The van der Waals surface area contributed by atoms with E-state index in [-0.39, 0.29) is 30.4 Å². The molecule has 0 spiro atoms. The van der Waals surface area contributed by atoms with Crippen LogP contribution in [0.3, 0.4) is 0 Å². The molecule has 4 rings (SSSR count). The standard InChI is InChI=1S/C22H19BrN2O8S/c1-11(26)31-8-12-10-34-21-17(20(28)25(21)18(12)22(29)30)24-19(27)16-7-6-15(33-16)9-32-14-4-2-13(23)3-5-14/h2-7,17,21H,8-10H2,1H3,(H,24,27)(H,29,30)/t17-,21-/m1/s1. The predicted molar refractivity (Wildman–Crippen MR) is 123 cm³/mol. The zero-order valence-corrected chi connectivity index (χ0v) is 20.2. The lowest BCUT2D eigenvalue weighted by Crippen LogP contribution is -2.70. The molecule has 10 nitrogen and oxygen atoms in total. The summed E-state index contributed by atoms with van der Waals surface area (Å²) in [6.07, 6.45) is 0. The van der Waals surface area contributed by atoms with Crippen LogP contribution in [0.4, 0.5) is 0 Å². The third-order valence-electron chi connectivity index (χ3n) is 5.07. The molecule has 1 aromatic heterocycles. The molecule has 2 amide bonds. The van der Waals surface area contributed by atoms with Crippen molar-refractivity contribution < 1.29 is 38.2 Å². The van der Waals surface area contributed by atoms with Crippen LogP contribution in [0.25, 0.3) is 0 Å². The molecule has 178 valence electrons. The molecule has 0 unspecified atom stereocenters. The average Bonchev–Trinajstić information content (AvgIpc) is 3.29. The minimum atomic E-state index is -1.30. The number of rotatable bonds is 8. The van der Waals surface area contributed by atoms with Crippen LogP contribution in [-0.2, 0) is 25.7 Å². The number of carboxylic acid groups (broad SMARTS) is 1. The number of hydrogen-bond acceptors (Lipinski definition) is 8. The zero-order chi connectivity index (χ0) is 24.4. The van der Waals surface area contributed by atoms with Gasteiger partial charge < -0.3 is 24.3 Å². The van der Waals surface area contributed by atoms with Gasteiger partial charge in [-0.3, -0.25) is 19.3 Å². The maximum absolute atomic E-state index is 12.7. The summed E-state index contributed by atoms with van der Waals surface area (Å²) < 4.78 is 17.0. The number of thioether (sulfide) groups is 1. The average molecular weight is 551 g/mol. The fourth-order valence-electron chi connectivity index (χ4n) is 3.46. The fraction of sp³-hybridized carbons (Fsp3) is 0.273. The van der Waals surface area contributed by atoms with Gasteiger partial charge in [0.2, 0.25) is 0 Å². The Labute approximate surface area is 206 Å². The number of amides is 2. The minimum Gasteiger partial charge on any atom is -0.486 e. The summed E-state index contributed by atoms with van der Waals surface area (Å²) >= 11 is 4.62. The Hall–Kier alpha value is -3.25. The summed E-state index contributed by atoms with van der Waals surface area (Å²) in [6.45, 7) is 1.11. The first-order valence-electron chi connectivity index (χ1n) is 10.1. The SMILES string of the molecule is CC(=O)OCC1=C(C(=O)O)N2C(=O)[C@@H](NC(=O)c3ccc(COc4ccc(Br)cc4)o3)[C@H]2SC1. The second kappa shape index (κ2) is 9.94. The number of fused-ring (bicyclic) bond motifs is 1. The number of carboxylic acids is 1. The van der Waals surface area contributed by atoms with Crippen LogP contribution in [0.1, 0.15) is 23.2 Å². The van der Waals surface area contributed by atoms with Gasteiger partial charge in [0.05, 0.1) is 0 Å². The lowest BCUT2D eigenvalue weighted by molar-refractivity contribution is -0.149. The summed E-state index contributed by atoms with van der Waals surface area (Å²) in [4.78, 5) is 49.3. The molecular formula is C22H19BrN2O8S. The Morgan fingerprint density at radius 3 is 2.62 bits per heavy atom. The van der Waals surface area contributed by atoms with E-state index in [1.54, 1.807) is 18.2 Å². The monoisotopic (exact) mass is 550 g/mol. The van der Waals surface area contributed by atoms with Gasteiger partial charge in [-0.15, -0.1) is 11.8 Å². The summed E-state index contributed by atoms with van der Waals surface area (Å²) in [7, 11) is 0. The number of furan rings is 1. The number of nitrogens with one attached hydrogen (secondary N) is 1. The molecule has 2 aromatic rings. The second-order valence-corrected chi connectivity index (χ2v) is 9.43. The molecule has 2 atom stereocenters. The number of carbonyl (C=O) groups is 4. The van der Waals surface area contributed by atoms with E-state index in [4.69, 9.17) is 13.9 Å². The van der Waals surface area contributed by atoms with Gasteiger partial charge >= 0.3 is 11.9 Å². The van der Waals surface area contributed by atoms with E-state index in [0.29, 0.717) is 17.1 Å². The number of hydrogen-bond donors (Lipinski definition) is 2. The first-order chi connectivity index (χ1) is 16.2. The minimum absolute atomic E-state index is 0.00557. The number of β-lactam (4-membered cyclic amide) rings is 1. The van der Waals surface area contributed by atoms with Crippen molar-refractivity contribution in [3.8, 4) is 5.75 Å². The number of aliphatic carboxylic acids is 1. The normalized spacial score (nSPS) is 19.2. The van der Waals surface area contributed by atoms with Gasteiger partial charge in [0, 0.05) is 22.7 Å². The molecule has 34 heavy (non-hydrogen) atoms. The first-order valence-corrected chi connectivity index (χ1v) is 11.9. The molecule has 1 fully saturated rings. The van der Waals surface area contributed by atoms with E-state index in [1.807, 2.05) is 12.1 Å². The summed E-state index contributed by atoms with van der Waals surface area (Å²) in [6, 6.07) is 9.41. The molecule has 0 bridgehead atoms. The zero-order valence-electron chi connectivity index (χ0n) is 17.8. The highest BCUT2D eigenvalue weighted by Gasteiger charge is 2.54. The Bertz CT molecular complexity index is 1180. The Kier molecular flexibility index (Phi) is 6.98. The molecule has 12 heteroatoms. The molecule has 1 aromatic carbocycles. The van der Waals surface area contributed by atoms with Crippen LogP contribution in [-0.4, -0.2) is 57.5 Å². The fourth-order valence-corrected chi connectivity index (χ4v) is 5.05. The van der Waals surface area contributed by atoms with Crippen LogP contribution < -0.4 is 10.1 Å². The lowest BCUT2D eigenvalue weighted by Gasteiger charge is -2.49. The van der Waals surface area contributed by atoms with Crippen molar-refractivity contribution in [2.45, 2.75) is 24.9 Å². The van der Waals surface area contributed by atoms with Crippen LogP contribution in [0.5, 0.6) is 5.75 Å². The Morgan fingerprint density at radius 2 is 1.94 bits per heavy atom. The number of ether oxygens (including phenoxy) is 2. The van der Waals surface area contributed by atoms with E-state index in [2.05, 4.69) is 21.2 Å². The van der Waals surface area contributed by atoms with E-state index >= 15 is 0 Å². The molecule has 3 heterocycles. The smallest absolute Gasteiger partial charge is 0.352 e. The predicted octanol–water partition coefficient (Wildman–Crippen LogP) is 2.54. The Morgan fingerprint density at radius 1 is 1.21 bits per heavy atom. The van der Waals surface area contributed by atoms with Gasteiger partial charge in [0.1, 0.15) is 41.8 Å². The molecular weight excluding hydrogens is 532 g/mol. The molecule has 2 N–H and O–H groups in total. The molecule has 0 saturated carbocycles. The maximum Gasteiger partial charge on any atom is 0.352 e. The van der Waals surface area contributed by atoms with E-state index in [0.717, 1.165) is 9.37 Å². The maximum atomic E-state index is 12.7. The molecule has 2 aliphatic rings. The van der Waals surface area contributed by atoms with Crippen molar-refractivity contribution in [3.63, 3.8) is 0 Å². The summed E-state index contributed by atoms with van der Waals surface area (Å²) in [5, 5.41) is 11.6. The highest BCUT2D eigenvalue weighted by Crippen LogP contribution is 2.40. The van der Waals surface area contributed by atoms with E-state index in [1.165, 1.54) is 24.8 Å². The number of nitrogens with zero attached hydrogens (tertiary/aromatic N) is 1. The Balaban J connectivity index is 1.37. The molecule has 0 radical (unpaired) electrons. The second-order valence-electron chi connectivity index (χ2n) is 7.41. The number of carbonyl (C=O) groups excluding carboxylic acids is 3. The van der Waals surface area contributed by atoms with Gasteiger partial charge in [-0.1, -0.05) is 15.9 Å². The van der Waals surface area contributed by atoms with Crippen LogP contribution in [0.2, 0.25) is 0 Å². The highest BCUT2D eigenvalue weighted by atomic mass is 79.9. The van der Waals surface area contributed by atoms with Gasteiger partial charge in [-0.2, -0.15) is 0 Å². The van der Waals surface area contributed by atoms with Gasteiger partial charge in [-0.05, 0) is 36.4 Å². The van der Waals surface area contributed by atoms with Crippen LogP contribution in [0.15, 0.2) is 56.6 Å². The lowest BCUT2D eigenvalue weighted by atomic mass is 10.0. The number of halogens is 1. The van der Waals surface area contributed by atoms with Crippen LogP contribution >= 0.6 is 27.7 Å². The van der Waals surface area contributed by atoms with Crippen molar-refractivity contribution >= 4 is 51.4 Å². The third kappa shape index (κ3) is 4.97. The van der Waals surface area contributed by atoms with Crippen molar-refractivity contribution in [2.75, 3.05) is 12.4 Å². The molecule has 0 aliphatic carbocycles. The summed E-state index contributed by atoms with van der Waals surface area (Å²) in [5.41, 5.74) is 0.106. The topological polar surface area (TPSA) is 135 Å².